The number of ether oxygens (including phenoxy) is 1. The maximum atomic E-state index is 12.8. The van der Waals surface area contributed by atoms with Crippen molar-refractivity contribution in [3.63, 3.8) is 0 Å². The third-order valence-electron chi connectivity index (χ3n) is 8.69. The number of aliphatic hydroxyl groups is 1. The van der Waals surface area contributed by atoms with Crippen molar-refractivity contribution in [2.45, 2.75) is 73.1 Å². The zero-order chi connectivity index (χ0) is 20.2. The number of ketones is 2. The van der Waals surface area contributed by atoms with E-state index in [-0.39, 0.29) is 33.4 Å². The lowest BCUT2D eigenvalue weighted by molar-refractivity contribution is -0.143. The highest BCUT2D eigenvalue weighted by molar-refractivity contribution is 6.20. The Kier molecular flexibility index (Phi) is 4.85. The Bertz CT molecular complexity index is 729. The molecule has 0 bridgehead atoms. The molecule has 2 fully saturated rings. The third-order valence-corrected chi connectivity index (χ3v) is 8.69. The molecule has 0 aromatic heterocycles. The molecular weight excluding hydrogens is 340 g/mol. The first kappa shape index (κ1) is 20.2. The second kappa shape index (κ2) is 6.49. The minimum atomic E-state index is -0.528. The first-order chi connectivity index (χ1) is 12.5. The lowest BCUT2D eigenvalue weighted by Crippen LogP contribution is -2.56. The molecule has 150 valence electrons. The van der Waals surface area contributed by atoms with Crippen LogP contribution in [0.5, 0.6) is 0 Å². The Morgan fingerprint density at radius 3 is 2.44 bits per heavy atom. The van der Waals surface area contributed by atoms with Crippen LogP contribution >= 0.6 is 0 Å². The molecule has 0 amide bonds. The van der Waals surface area contributed by atoms with E-state index < -0.39 is 11.5 Å². The van der Waals surface area contributed by atoms with Gasteiger partial charge in [0, 0.05) is 11.6 Å². The molecule has 2 saturated carbocycles. The van der Waals surface area contributed by atoms with Gasteiger partial charge < -0.3 is 9.84 Å². The van der Waals surface area contributed by atoms with Gasteiger partial charge in [-0.15, -0.1) is 0 Å². The van der Waals surface area contributed by atoms with Crippen LogP contribution in [0.2, 0.25) is 0 Å². The lowest BCUT2D eigenvalue weighted by Gasteiger charge is -2.64. The molecule has 0 aliphatic heterocycles. The number of hydrogen-bond donors (Lipinski definition) is 1. The van der Waals surface area contributed by atoms with Crippen molar-refractivity contribution < 1.29 is 19.4 Å². The first-order valence-electron chi connectivity index (χ1n) is 10.2. The second-order valence-corrected chi connectivity index (χ2v) is 10.1. The van der Waals surface area contributed by atoms with Crippen molar-refractivity contribution in [3.8, 4) is 0 Å². The van der Waals surface area contributed by atoms with Crippen LogP contribution in [0.15, 0.2) is 23.2 Å². The molecule has 4 atom stereocenters. The summed E-state index contributed by atoms with van der Waals surface area (Å²) in [6.07, 6.45) is 7.40. The fourth-order valence-corrected chi connectivity index (χ4v) is 6.24. The predicted octanol–water partition coefficient (Wildman–Crippen LogP) is 5.14. The normalized spacial score (nSPS) is 39.1. The van der Waals surface area contributed by atoms with Gasteiger partial charge in [-0.05, 0) is 60.2 Å². The van der Waals surface area contributed by atoms with Crippen molar-refractivity contribution in [1.29, 1.82) is 0 Å². The number of carbonyl (C=O) groups excluding carboxylic acids is 2. The van der Waals surface area contributed by atoms with Gasteiger partial charge in [0.1, 0.15) is 0 Å². The molecule has 3 aliphatic rings. The molecule has 27 heavy (non-hydrogen) atoms. The number of carbonyl (C=O) groups is 2. The van der Waals surface area contributed by atoms with E-state index in [4.69, 9.17) is 4.74 Å². The van der Waals surface area contributed by atoms with E-state index in [9.17, 15) is 14.7 Å². The number of fused-ring (bicyclic) bond motifs is 1. The SMILES string of the molecule is COC1=CC(=O)C(O)=C(CC2(C)C(C)CCC3(C)C2CCCC3(C)C)C1=O. The van der Waals surface area contributed by atoms with Gasteiger partial charge >= 0.3 is 0 Å². The summed E-state index contributed by atoms with van der Waals surface area (Å²) < 4.78 is 5.11. The Labute approximate surface area is 163 Å². The number of rotatable bonds is 3. The number of Topliss-reactive ketones (excluding diaryl/α,β-unsaturated/α-hetero) is 1. The van der Waals surface area contributed by atoms with E-state index in [1.54, 1.807) is 0 Å². The molecule has 3 rings (SSSR count). The van der Waals surface area contributed by atoms with Crippen LogP contribution in [-0.4, -0.2) is 23.8 Å². The highest BCUT2D eigenvalue weighted by Gasteiger charge is 2.59. The van der Waals surface area contributed by atoms with Crippen LogP contribution in [0.25, 0.3) is 0 Å². The third kappa shape index (κ3) is 2.87. The molecule has 0 aromatic rings. The van der Waals surface area contributed by atoms with Crippen LogP contribution in [0.4, 0.5) is 0 Å². The topological polar surface area (TPSA) is 63.6 Å². The van der Waals surface area contributed by atoms with E-state index in [1.807, 2.05) is 0 Å². The van der Waals surface area contributed by atoms with Gasteiger partial charge in [0.25, 0.3) is 0 Å². The molecule has 1 N–H and O–H groups in total. The lowest BCUT2D eigenvalue weighted by atomic mass is 9.41. The molecule has 0 heterocycles. The minimum Gasteiger partial charge on any atom is -0.504 e. The Hall–Kier alpha value is -1.58. The molecule has 4 nitrogen and oxygen atoms in total. The van der Waals surface area contributed by atoms with Gasteiger partial charge in [0.2, 0.25) is 11.6 Å². The fraction of sp³-hybridized carbons (Fsp3) is 0.739. The summed E-state index contributed by atoms with van der Waals surface area (Å²) in [5, 5.41) is 10.4. The molecule has 0 aromatic carbocycles. The van der Waals surface area contributed by atoms with Gasteiger partial charge in [-0.2, -0.15) is 0 Å². The minimum absolute atomic E-state index is 0.0339. The number of allylic oxidation sites excluding steroid dienone is 2. The van der Waals surface area contributed by atoms with E-state index >= 15 is 0 Å². The van der Waals surface area contributed by atoms with E-state index in [0.29, 0.717) is 18.3 Å². The number of aliphatic hydroxyl groups excluding tert-OH is 1. The highest BCUT2D eigenvalue weighted by Crippen LogP contribution is 2.67. The van der Waals surface area contributed by atoms with Gasteiger partial charge in [-0.25, -0.2) is 0 Å². The summed E-state index contributed by atoms with van der Waals surface area (Å²) in [6.45, 7) is 11.7. The fourth-order valence-electron chi connectivity index (χ4n) is 6.24. The average Bonchev–Trinajstić information content (AvgIpc) is 2.60. The molecule has 4 unspecified atom stereocenters. The van der Waals surface area contributed by atoms with Crippen LogP contribution in [0, 0.1) is 28.1 Å². The first-order valence-corrected chi connectivity index (χ1v) is 10.2. The maximum absolute atomic E-state index is 12.8. The zero-order valence-corrected chi connectivity index (χ0v) is 17.6. The van der Waals surface area contributed by atoms with Gasteiger partial charge in [0.15, 0.2) is 11.5 Å². The summed E-state index contributed by atoms with van der Waals surface area (Å²) in [6, 6.07) is 0. The van der Waals surface area contributed by atoms with Crippen molar-refractivity contribution in [2.24, 2.45) is 28.1 Å². The van der Waals surface area contributed by atoms with E-state index in [1.165, 1.54) is 26.4 Å². The largest absolute Gasteiger partial charge is 0.504 e. The zero-order valence-electron chi connectivity index (χ0n) is 17.6. The van der Waals surface area contributed by atoms with Crippen LogP contribution in [-0.2, 0) is 14.3 Å². The van der Waals surface area contributed by atoms with Gasteiger partial charge in [0.05, 0.1) is 7.11 Å². The predicted molar refractivity (Wildman–Crippen MR) is 105 cm³/mol. The summed E-state index contributed by atoms with van der Waals surface area (Å²) in [5.74, 6) is -0.351. The molecule has 0 radical (unpaired) electrons. The molecule has 4 heteroatoms. The van der Waals surface area contributed by atoms with Gasteiger partial charge in [-0.1, -0.05) is 41.0 Å². The van der Waals surface area contributed by atoms with E-state index in [0.717, 1.165) is 18.9 Å². The summed E-state index contributed by atoms with van der Waals surface area (Å²) in [7, 11) is 1.39. The van der Waals surface area contributed by atoms with E-state index in [2.05, 4.69) is 34.6 Å². The van der Waals surface area contributed by atoms with Crippen LogP contribution < -0.4 is 0 Å². The maximum Gasteiger partial charge on any atom is 0.227 e. The monoisotopic (exact) mass is 374 g/mol. The molecule has 3 aliphatic carbocycles. The smallest absolute Gasteiger partial charge is 0.227 e. The average molecular weight is 375 g/mol. The number of hydrogen-bond acceptors (Lipinski definition) is 4. The molecule has 0 saturated heterocycles. The Morgan fingerprint density at radius 1 is 1.15 bits per heavy atom. The Balaban J connectivity index is 2.02. The second-order valence-electron chi connectivity index (χ2n) is 10.1. The molecule has 0 spiro atoms. The standard InChI is InChI=1S/C23H34O4/c1-14-9-11-23(5)18(8-7-10-21(23,2)3)22(14,4)13-15-19(25)16(24)12-17(27-6)20(15)26/h12,14,18,25H,7-11,13H2,1-6H3. The van der Waals surface area contributed by atoms with Crippen molar-refractivity contribution >= 4 is 11.6 Å². The summed E-state index contributed by atoms with van der Waals surface area (Å²) in [4.78, 5) is 25.0. The quantitative estimate of drug-likeness (QED) is 0.695. The number of methoxy groups -OCH3 is 1. The highest BCUT2D eigenvalue weighted by atomic mass is 16.5. The van der Waals surface area contributed by atoms with Crippen molar-refractivity contribution in [3.05, 3.63) is 23.2 Å². The van der Waals surface area contributed by atoms with Gasteiger partial charge in [-0.3, -0.25) is 9.59 Å². The van der Waals surface area contributed by atoms with Crippen molar-refractivity contribution in [1.82, 2.24) is 0 Å². The summed E-state index contributed by atoms with van der Waals surface area (Å²) >= 11 is 0. The molecular formula is C23H34O4. The van der Waals surface area contributed by atoms with Crippen molar-refractivity contribution in [2.75, 3.05) is 7.11 Å². The van der Waals surface area contributed by atoms with Crippen LogP contribution in [0.1, 0.15) is 73.1 Å². The van der Waals surface area contributed by atoms with Crippen LogP contribution in [0.3, 0.4) is 0 Å². The summed E-state index contributed by atoms with van der Waals surface area (Å²) in [5.41, 5.74) is 0.545. The Morgan fingerprint density at radius 2 is 1.81 bits per heavy atom.